The van der Waals surface area contributed by atoms with E-state index in [-0.39, 0.29) is 11.7 Å². The summed E-state index contributed by atoms with van der Waals surface area (Å²) in [4.78, 5) is 0.520. The Balaban J connectivity index is 1.96. The van der Waals surface area contributed by atoms with Gasteiger partial charge >= 0.3 is 0 Å². The lowest BCUT2D eigenvalue weighted by Crippen LogP contribution is -2.22. The van der Waals surface area contributed by atoms with Gasteiger partial charge in [-0.15, -0.1) is 0 Å². The Morgan fingerprint density at radius 2 is 2.11 bits per heavy atom. The average Bonchev–Trinajstić information content (AvgIpc) is 2.62. The van der Waals surface area contributed by atoms with Crippen molar-refractivity contribution in [3.63, 3.8) is 0 Å². The van der Waals surface area contributed by atoms with Gasteiger partial charge in [0.25, 0.3) is 0 Å². The minimum atomic E-state index is -3.05. The highest BCUT2D eigenvalue weighted by molar-refractivity contribution is 7.91. The number of nitrogens with one attached hydrogen (secondary N) is 1. The molecule has 18 heavy (non-hydrogen) atoms. The molecule has 1 aromatic carbocycles. The quantitative estimate of drug-likeness (QED) is 0.788. The van der Waals surface area contributed by atoms with E-state index in [2.05, 4.69) is 5.32 Å². The third kappa shape index (κ3) is 2.91. The molecule has 0 bridgehead atoms. The van der Waals surface area contributed by atoms with Crippen LogP contribution >= 0.6 is 0 Å². The molecular weight excluding hydrogens is 250 g/mol. The molecule has 2 rings (SSSR count). The highest BCUT2D eigenvalue weighted by Crippen LogP contribution is 2.36. The molecule has 1 aliphatic heterocycles. The largest absolute Gasteiger partial charge is 0.383 e. The van der Waals surface area contributed by atoms with Crippen LogP contribution in [0.1, 0.15) is 17.9 Å². The fraction of sp³-hybridized carbons (Fsp3) is 0.538. The Kier molecular flexibility index (Phi) is 4.37. The van der Waals surface area contributed by atoms with Crippen molar-refractivity contribution >= 4 is 9.84 Å². The van der Waals surface area contributed by atoms with Crippen molar-refractivity contribution in [2.75, 3.05) is 32.6 Å². The van der Waals surface area contributed by atoms with Gasteiger partial charge in [0.1, 0.15) is 0 Å². The number of fused-ring (bicyclic) bond motifs is 1. The van der Waals surface area contributed by atoms with Gasteiger partial charge in [-0.05, 0) is 24.6 Å². The molecule has 0 amide bonds. The lowest BCUT2D eigenvalue weighted by atomic mass is 9.98. The first-order valence-electron chi connectivity index (χ1n) is 6.16. The smallest absolute Gasteiger partial charge is 0.179 e. The summed E-state index contributed by atoms with van der Waals surface area (Å²) in [6.07, 6.45) is 0.847. The number of methoxy groups -OCH3 is 1. The fourth-order valence-electron chi connectivity index (χ4n) is 2.36. The Bertz CT molecular complexity index is 499. The van der Waals surface area contributed by atoms with Crippen molar-refractivity contribution in [2.24, 2.45) is 0 Å². The van der Waals surface area contributed by atoms with E-state index in [0.717, 1.165) is 25.1 Å². The van der Waals surface area contributed by atoms with Gasteiger partial charge < -0.3 is 10.1 Å². The molecule has 4 nitrogen and oxygen atoms in total. The molecule has 1 aromatic rings. The van der Waals surface area contributed by atoms with Crippen molar-refractivity contribution in [1.29, 1.82) is 0 Å². The highest BCUT2D eigenvalue weighted by atomic mass is 32.2. The zero-order valence-corrected chi connectivity index (χ0v) is 11.4. The Morgan fingerprint density at radius 3 is 2.89 bits per heavy atom. The van der Waals surface area contributed by atoms with Gasteiger partial charge in [0.15, 0.2) is 9.84 Å². The molecule has 1 N–H and O–H groups in total. The van der Waals surface area contributed by atoms with Crippen LogP contribution in [0.5, 0.6) is 0 Å². The first-order chi connectivity index (χ1) is 8.65. The second-order valence-electron chi connectivity index (χ2n) is 4.55. The van der Waals surface area contributed by atoms with Crippen LogP contribution in [0.25, 0.3) is 0 Å². The number of benzene rings is 1. The monoisotopic (exact) mass is 269 g/mol. The predicted octanol–water partition coefficient (Wildman–Crippen LogP) is 1.18. The SMILES string of the molecule is COCCNCCC1CS(=O)(=O)c2ccccc21. The van der Waals surface area contributed by atoms with Crippen molar-refractivity contribution in [2.45, 2.75) is 17.2 Å². The summed E-state index contributed by atoms with van der Waals surface area (Å²) < 4.78 is 28.9. The molecule has 0 spiro atoms. The molecule has 1 atom stereocenters. The molecule has 0 aromatic heterocycles. The van der Waals surface area contributed by atoms with Gasteiger partial charge in [0.05, 0.1) is 17.3 Å². The maximum absolute atomic E-state index is 12.0. The Hall–Kier alpha value is -0.910. The number of sulfone groups is 1. The molecule has 1 aliphatic rings. The first-order valence-corrected chi connectivity index (χ1v) is 7.81. The van der Waals surface area contributed by atoms with Crippen LogP contribution in [0, 0.1) is 0 Å². The molecule has 0 saturated heterocycles. The van der Waals surface area contributed by atoms with E-state index in [9.17, 15) is 8.42 Å². The predicted molar refractivity (Wildman–Crippen MR) is 70.6 cm³/mol. The third-order valence-electron chi connectivity index (χ3n) is 3.27. The maximum atomic E-state index is 12.0. The van der Waals surface area contributed by atoms with Gasteiger partial charge in [0, 0.05) is 19.6 Å². The summed E-state index contributed by atoms with van der Waals surface area (Å²) in [5.74, 6) is 0.374. The molecule has 1 heterocycles. The van der Waals surface area contributed by atoms with E-state index in [4.69, 9.17) is 4.74 Å². The number of ether oxygens (including phenoxy) is 1. The van der Waals surface area contributed by atoms with Crippen molar-refractivity contribution in [1.82, 2.24) is 5.32 Å². The molecule has 0 saturated carbocycles. The summed E-state index contributed by atoms with van der Waals surface area (Å²) in [5.41, 5.74) is 0.978. The van der Waals surface area contributed by atoms with Crippen LogP contribution in [-0.4, -0.2) is 41.0 Å². The minimum absolute atomic E-state index is 0.126. The van der Waals surface area contributed by atoms with E-state index in [1.54, 1.807) is 19.2 Å². The molecular formula is C13H19NO3S. The second kappa shape index (κ2) is 5.82. The van der Waals surface area contributed by atoms with E-state index in [1.807, 2.05) is 12.1 Å². The molecule has 5 heteroatoms. The van der Waals surface area contributed by atoms with Gasteiger partial charge in [0.2, 0.25) is 0 Å². The summed E-state index contributed by atoms with van der Waals surface area (Å²) in [6.45, 7) is 2.30. The van der Waals surface area contributed by atoms with E-state index in [0.29, 0.717) is 11.5 Å². The Labute approximate surface area is 108 Å². The van der Waals surface area contributed by atoms with Gasteiger partial charge in [-0.3, -0.25) is 0 Å². The van der Waals surface area contributed by atoms with Crippen LogP contribution in [0.3, 0.4) is 0 Å². The summed E-state index contributed by atoms with van der Waals surface area (Å²) in [6, 6.07) is 7.34. The number of rotatable bonds is 6. The number of hydrogen-bond donors (Lipinski definition) is 1. The number of hydrogen-bond acceptors (Lipinski definition) is 4. The highest BCUT2D eigenvalue weighted by Gasteiger charge is 2.33. The van der Waals surface area contributed by atoms with Gasteiger partial charge in [-0.2, -0.15) is 0 Å². The standard InChI is InChI=1S/C13H19NO3S/c1-17-9-8-14-7-6-11-10-18(15,16)13-5-3-2-4-12(11)13/h2-5,11,14H,6-10H2,1H3. The van der Waals surface area contributed by atoms with Crippen LogP contribution in [0.4, 0.5) is 0 Å². The van der Waals surface area contributed by atoms with E-state index in [1.165, 1.54) is 0 Å². The van der Waals surface area contributed by atoms with E-state index < -0.39 is 9.84 Å². The topological polar surface area (TPSA) is 55.4 Å². The summed E-state index contributed by atoms with van der Waals surface area (Å²) in [7, 11) is -1.39. The van der Waals surface area contributed by atoms with Crippen molar-refractivity contribution < 1.29 is 13.2 Å². The van der Waals surface area contributed by atoms with Crippen LogP contribution < -0.4 is 5.32 Å². The lowest BCUT2D eigenvalue weighted by Gasteiger charge is -2.10. The van der Waals surface area contributed by atoms with Crippen LogP contribution in [0.2, 0.25) is 0 Å². The zero-order chi connectivity index (χ0) is 13.0. The second-order valence-corrected chi connectivity index (χ2v) is 6.55. The lowest BCUT2D eigenvalue weighted by molar-refractivity contribution is 0.199. The molecule has 0 aliphatic carbocycles. The summed E-state index contributed by atoms with van der Waals surface area (Å²) >= 11 is 0. The molecule has 1 unspecified atom stereocenters. The maximum Gasteiger partial charge on any atom is 0.179 e. The van der Waals surface area contributed by atoms with Gasteiger partial charge in [-0.25, -0.2) is 8.42 Å². The molecule has 0 fully saturated rings. The minimum Gasteiger partial charge on any atom is -0.383 e. The molecule has 100 valence electrons. The fourth-order valence-corrected chi connectivity index (χ4v) is 4.30. The summed E-state index contributed by atoms with van der Waals surface area (Å²) in [5, 5.41) is 3.25. The zero-order valence-electron chi connectivity index (χ0n) is 10.6. The first kappa shape index (κ1) is 13.5. The van der Waals surface area contributed by atoms with Crippen LogP contribution in [-0.2, 0) is 14.6 Å². The Morgan fingerprint density at radius 1 is 1.33 bits per heavy atom. The van der Waals surface area contributed by atoms with Crippen molar-refractivity contribution in [3.8, 4) is 0 Å². The normalized spacial score (nSPS) is 20.8. The van der Waals surface area contributed by atoms with Crippen molar-refractivity contribution in [3.05, 3.63) is 29.8 Å². The van der Waals surface area contributed by atoms with Gasteiger partial charge in [-0.1, -0.05) is 18.2 Å². The third-order valence-corrected chi connectivity index (χ3v) is 5.15. The molecule has 0 radical (unpaired) electrons. The van der Waals surface area contributed by atoms with Crippen LogP contribution in [0.15, 0.2) is 29.2 Å². The average molecular weight is 269 g/mol. The van der Waals surface area contributed by atoms with E-state index >= 15 is 0 Å².